The first-order chi connectivity index (χ1) is 9.73. The van der Waals surface area contributed by atoms with Crippen LogP contribution >= 0.6 is 24.0 Å². The van der Waals surface area contributed by atoms with Crippen LogP contribution in [0, 0.1) is 5.92 Å². The molecule has 2 aliphatic rings. The van der Waals surface area contributed by atoms with Gasteiger partial charge in [-0.25, -0.2) is 0 Å². The van der Waals surface area contributed by atoms with Gasteiger partial charge in [0.2, 0.25) is 0 Å². The van der Waals surface area contributed by atoms with Gasteiger partial charge >= 0.3 is 0 Å². The fourth-order valence-corrected chi connectivity index (χ4v) is 2.73. The van der Waals surface area contributed by atoms with Crippen molar-refractivity contribution < 1.29 is 0 Å². The predicted molar refractivity (Wildman–Crippen MR) is 99.5 cm³/mol. The summed E-state index contributed by atoms with van der Waals surface area (Å²) in [6, 6.07) is 11.5. The molecule has 0 spiro atoms. The van der Waals surface area contributed by atoms with Gasteiger partial charge in [-0.15, -0.1) is 24.0 Å². The van der Waals surface area contributed by atoms with Crippen LogP contribution in [0.1, 0.15) is 38.7 Å². The van der Waals surface area contributed by atoms with E-state index in [4.69, 9.17) is 4.99 Å². The van der Waals surface area contributed by atoms with Gasteiger partial charge in [0.15, 0.2) is 5.96 Å². The molecule has 0 bridgehead atoms. The number of guanidine groups is 1. The molecular weight excluding hydrogens is 373 g/mol. The van der Waals surface area contributed by atoms with E-state index in [0.717, 1.165) is 25.0 Å². The Kier molecular flexibility index (Phi) is 5.52. The number of benzene rings is 1. The lowest BCUT2D eigenvalue weighted by molar-refractivity contribution is 0.688. The van der Waals surface area contributed by atoms with Crippen LogP contribution in [0.4, 0.5) is 0 Å². The Morgan fingerprint density at radius 2 is 1.95 bits per heavy atom. The van der Waals surface area contributed by atoms with E-state index in [1.165, 1.54) is 24.8 Å². The van der Waals surface area contributed by atoms with Gasteiger partial charge in [0.05, 0.1) is 6.54 Å². The number of nitrogens with zero attached hydrogens (tertiary/aromatic N) is 1. The Balaban J connectivity index is 0.00000161. The molecule has 1 aromatic rings. The van der Waals surface area contributed by atoms with E-state index < -0.39 is 0 Å². The summed E-state index contributed by atoms with van der Waals surface area (Å²) in [5.74, 6) is 1.78. The smallest absolute Gasteiger partial charge is 0.191 e. The molecule has 2 aliphatic carbocycles. The van der Waals surface area contributed by atoms with Crippen LogP contribution < -0.4 is 10.6 Å². The molecule has 1 aromatic carbocycles. The second-order valence-corrected chi connectivity index (χ2v) is 6.31. The summed E-state index contributed by atoms with van der Waals surface area (Å²) >= 11 is 0. The zero-order valence-corrected chi connectivity index (χ0v) is 15.3. The molecule has 2 unspecified atom stereocenters. The first-order valence-electron chi connectivity index (χ1n) is 7.84. The van der Waals surface area contributed by atoms with E-state index >= 15 is 0 Å². The maximum absolute atomic E-state index is 4.83. The highest BCUT2D eigenvalue weighted by Gasteiger charge is 2.44. The summed E-state index contributed by atoms with van der Waals surface area (Å²) in [4.78, 5) is 4.83. The quantitative estimate of drug-likeness (QED) is 0.453. The molecule has 116 valence electrons. The molecule has 2 fully saturated rings. The van der Waals surface area contributed by atoms with Crippen molar-refractivity contribution in [1.29, 1.82) is 0 Å². The number of rotatable bonds is 5. The minimum absolute atomic E-state index is 0. The molecule has 0 radical (unpaired) electrons. The maximum atomic E-state index is 4.83. The number of hydrogen-bond donors (Lipinski definition) is 2. The zero-order valence-electron chi connectivity index (χ0n) is 12.9. The minimum Gasteiger partial charge on any atom is -0.357 e. The highest BCUT2D eigenvalue weighted by Crippen LogP contribution is 2.48. The van der Waals surface area contributed by atoms with Crippen molar-refractivity contribution in [3.8, 4) is 0 Å². The first kappa shape index (κ1) is 16.6. The van der Waals surface area contributed by atoms with Gasteiger partial charge in [0.25, 0.3) is 0 Å². The fourth-order valence-electron chi connectivity index (χ4n) is 2.73. The lowest BCUT2D eigenvalue weighted by Gasteiger charge is -2.16. The largest absolute Gasteiger partial charge is 0.357 e. The Labute approximate surface area is 145 Å². The average molecular weight is 399 g/mol. The molecule has 0 aromatic heterocycles. The van der Waals surface area contributed by atoms with Crippen LogP contribution in [0.15, 0.2) is 35.3 Å². The number of halogens is 1. The molecule has 3 rings (SSSR count). The molecule has 0 heterocycles. The topological polar surface area (TPSA) is 36.4 Å². The lowest BCUT2D eigenvalue weighted by Crippen LogP contribution is -2.39. The summed E-state index contributed by atoms with van der Waals surface area (Å²) in [6.45, 7) is 6.23. The number of aliphatic imine (C=N–C) groups is 1. The SMILES string of the molecule is CCNC(=NCC1(c2ccccc2)CC1)NC1CC1C.I. The van der Waals surface area contributed by atoms with Crippen LogP contribution in [0.5, 0.6) is 0 Å². The minimum atomic E-state index is 0. The number of nitrogens with one attached hydrogen (secondary N) is 2. The van der Waals surface area contributed by atoms with E-state index in [1.807, 2.05) is 0 Å². The van der Waals surface area contributed by atoms with Crippen LogP contribution in [-0.4, -0.2) is 25.1 Å². The van der Waals surface area contributed by atoms with E-state index in [2.05, 4.69) is 54.8 Å². The third-order valence-electron chi connectivity index (χ3n) is 4.56. The molecular formula is C17H26IN3. The van der Waals surface area contributed by atoms with Gasteiger partial charge < -0.3 is 10.6 Å². The number of hydrogen-bond acceptors (Lipinski definition) is 1. The highest BCUT2D eigenvalue weighted by molar-refractivity contribution is 14.0. The Morgan fingerprint density at radius 3 is 2.48 bits per heavy atom. The maximum Gasteiger partial charge on any atom is 0.191 e. The molecule has 21 heavy (non-hydrogen) atoms. The monoisotopic (exact) mass is 399 g/mol. The van der Waals surface area contributed by atoms with Gasteiger partial charge in [-0.05, 0) is 37.7 Å². The molecule has 0 amide bonds. The van der Waals surface area contributed by atoms with E-state index in [9.17, 15) is 0 Å². The summed E-state index contributed by atoms with van der Waals surface area (Å²) in [5, 5.41) is 6.90. The van der Waals surface area contributed by atoms with E-state index in [-0.39, 0.29) is 24.0 Å². The van der Waals surface area contributed by atoms with Crippen LogP contribution in [0.3, 0.4) is 0 Å². The third kappa shape index (κ3) is 4.11. The molecule has 2 saturated carbocycles. The summed E-state index contributed by atoms with van der Waals surface area (Å²) in [7, 11) is 0. The van der Waals surface area contributed by atoms with Gasteiger partial charge in [-0.3, -0.25) is 4.99 Å². The lowest BCUT2D eigenvalue weighted by atomic mass is 9.96. The average Bonchev–Trinajstić information content (AvgIpc) is 3.37. The van der Waals surface area contributed by atoms with Crippen molar-refractivity contribution in [3.63, 3.8) is 0 Å². The second-order valence-electron chi connectivity index (χ2n) is 6.31. The Hall–Kier alpha value is -0.780. The standard InChI is InChI=1S/C17H25N3.HI/c1-3-18-16(20-15-11-13(15)2)19-12-17(9-10-17)14-7-5-4-6-8-14;/h4-8,13,15H,3,9-12H2,1-2H3,(H2,18,19,20);1H. The van der Waals surface area contributed by atoms with E-state index in [0.29, 0.717) is 11.5 Å². The summed E-state index contributed by atoms with van der Waals surface area (Å²) in [6.07, 6.45) is 3.80. The predicted octanol–water partition coefficient (Wildman–Crippen LogP) is 3.30. The Morgan fingerprint density at radius 1 is 1.29 bits per heavy atom. The van der Waals surface area contributed by atoms with Crippen molar-refractivity contribution in [3.05, 3.63) is 35.9 Å². The van der Waals surface area contributed by atoms with Crippen molar-refractivity contribution in [1.82, 2.24) is 10.6 Å². The molecule has 0 saturated heterocycles. The molecule has 3 nitrogen and oxygen atoms in total. The van der Waals surface area contributed by atoms with Crippen molar-refractivity contribution >= 4 is 29.9 Å². The molecule has 2 N–H and O–H groups in total. The normalized spacial score (nSPS) is 25.7. The Bertz CT molecular complexity index is 482. The third-order valence-corrected chi connectivity index (χ3v) is 4.56. The van der Waals surface area contributed by atoms with Crippen molar-refractivity contribution in [2.24, 2.45) is 10.9 Å². The molecule has 4 heteroatoms. The summed E-state index contributed by atoms with van der Waals surface area (Å²) in [5.41, 5.74) is 1.75. The van der Waals surface area contributed by atoms with E-state index in [1.54, 1.807) is 0 Å². The highest BCUT2D eigenvalue weighted by atomic mass is 127. The molecule has 2 atom stereocenters. The van der Waals surface area contributed by atoms with Gasteiger partial charge in [0, 0.05) is 18.0 Å². The zero-order chi connectivity index (χ0) is 14.0. The van der Waals surface area contributed by atoms with Crippen LogP contribution in [0.2, 0.25) is 0 Å². The van der Waals surface area contributed by atoms with Crippen LogP contribution in [0.25, 0.3) is 0 Å². The van der Waals surface area contributed by atoms with Crippen LogP contribution in [-0.2, 0) is 5.41 Å². The fraction of sp³-hybridized carbons (Fsp3) is 0.588. The van der Waals surface area contributed by atoms with Gasteiger partial charge in [-0.1, -0.05) is 37.3 Å². The molecule has 0 aliphatic heterocycles. The first-order valence-corrected chi connectivity index (χ1v) is 7.84. The summed E-state index contributed by atoms with van der Waals surface area (Å²) < 4.78 is 0. The van der Waals surface area contributed by atoms with Crippen molar-refractivity contribution in [2.45, 2.75) is 44.6 Å². The second kappa shape index (κ2) is 6.99. The van der Waals surface area contributed by atoms with Gasteiger partial charge in [0.1, 0.15) is 0 Å². The van der Waals surface area contributed by atoms with Crippen molar-refractivity contribution in [2.75, 3.05) is 13.1 Å². The van der Waals surface area contributed by atoms with Gasteiger partial charge in [-0.2, -0.15) is 0 Å².